The van der Waals surface area contributed by atoms with E-state index < -0.39 is 6.09 Å². The maximum Gasteiger partial charge on any atom is 0.407 e. The van der Waals surface area contributed by atoms with Gasteiger partial charge in [0.2, 0.25) is 0 Å². The molecule has 3 atom stereocenters. The fourth-order valence-electron chi connectivity index (χ4n) is 2.43. The molecule has 2 rings (SSSR count). The van der Waals surface area contributed by atoms with Crippen LogP contribution in [0.25, 0.3) is 0 Å². The second-order valence-electron chi connectivity index (χ2n) is 5.39. The van der Waals surface area contributed by atoms with Crippen molar-refractivity contribution in [3.8, 4) is 0 Å². The predicted molar refractivity (Wildman–Crippen MR) is 81.1 cm³/mol. The number of alkyl carbamates (subject to hydrolysis) is 1. The van der Waals surface area contributed by atoms with E-state index in [-0.39, 0.29) is 30.6 Å². The van der Waals surface area contributed by atoms with Crippen LogP contribution in [0.5, 0.6) is 0 Å². The number of hydrogen-bond acceptors (Lipinski definition) is 4. The summed E-state index contributed by atoms with van der Waals surface area (Å²) >= 11 is 0. The molecule has 2 N–H and O–H groups in total. The molecule has 0 aromatic heterocycles. The largest absolute Gasteiger partial charge is 0.448 e. The molecule has 0 saturated carbocycles. The molecule has 0 spiro atoms. The number of halogens is 1. The highest BCUT2D eigenvalue weighted by molar-refractivity contribution is 5.67. The predicted octanol–water partition coefficient (Wildman–Crippen LogP) is 2.38. The molecule has 122 valence electrons. The molecule has 0 aliphatic carbocycles. The Bertz CT molecular complexity index is 481. The summed E-state index contributed by atoms with van der Waals surface area (Å²) < 4.78 is 23.7. The summed E-state index contributed by atoms with van der Waals surface area (Å²) in [7, 11) is 0. The fourth-order valence-corrected chi connectivity index (χ4v) is 2.43. The Morgan fingerprint density at radius 2 is 2.23 bits per heavy atom. The van der Waals surface area contributed by atoms with Crippen molar-refractivity contribution >= 4 is 6.09 Å². The van der Waals surface area contributed by atoms with Crippen LogP contribution in [0.15, 0.2) is 24.3 Å². The number of ether oxygens (including phenoxy) is 2. The second kappa shape index (κ2) is 8.10. The Labute approximate surface area is 130 Å². The Kier molecular flexibility index (Phi) is 6.15. The third kappa shape index (κ3) is 4.68. The average Bonchev–Trinajstić information content (AvgIpc) is 2.53. The smallest absolute Gasteiger partial charge is 0.407 e. The average molecular weight is 310 g/mol. The van der Waals surface area contributed by atoms with Crippen molar-refractivity contribution < 1.29 is 18.7 Å². The number of rotatable bonds is 5. The molecule has 0 radical (unpaired) electrons. The van der Waals surface area contributed by atoms with Crippen LogP contribution in [0.1, 0.15) is 31.9 Å². The van der Waals surface area contributed by atoms with Gasteiger partial charge in [0.05, 0.1) is 24.8 Å². The lowest BCUT2D eigenvalue weighted by Crippen LogP contribution is -2.50. The van der Waals surface area contributed by atoms with Crippen LogP contribution in [0.2, 0.25) is 0 Å². The van der Waals surface area contributed by atoms with E-state index in [2.05, 4.69) is 10.6 Å². The van der Waals surface area contributed by atoms with Crippen LogP contribution >= 0.6 is 0 Å². The van der Waals surface area contributed by atoms with Crippen LogP contribution in [0.3, 0.4) is 0 Å². The molecule has 22 heavy (non-hydrogen) atoms. The second-order valence-corrected chi connectivity index (χ2v) is 5.39. The van der Waals surface area contributed by atoms with Crippen molar-refractivity contribution in [2.24, 2.45) is 0 Å². The third-order valence-corrected chi connectivity index (χ3v) is 3.82. The van der Waals surface area contributed by atoms with Crippen molar-refractivity contribution in [3.63, 3.8) is 0 Å². The van der Waals surface area contributed by atoms with Gasteiger partial charge >= 0.3 is 6.09 Å². The summed E-state index contributed by atoms with van der Waals surface area (Å²) in [6.45, 7) is 5.59. The zero-order valence-corrected chi connectivity index (χ0v) is 13.0. The van der Waals surface area contributed by atoms with Gasteiger partial charge in [0.15, 0.2) is 0 Å². The molecule has 1 amide bonds. The first kappa shape index (κ1) is 16.7. The fraction of sp³-hybridized carbons (Fsp3) is 0.562. The lowest BCUT2D eigenvalue weighted by Gasteiger charge is -2.30. The van der Waals surface area contributed by atoms with Crippen molar-refractivity contribution in [1.29, 1.82) is 0 Å². The summed E-state index contributed by atoms with van der Waals surface area (Å²) in [6.07, 6.45) is 0.235. The zero-order chi connectivity index (χ0) is 15.9. The molecule has 1 aromatic carbocycles. The summed E-state index contributed by atoms with van der Waals surface area (Å²) in [4.78, 5) is 11.9. The quantitative estimate of drug-likeness (QED) is 0.876. The van der Waals surface area contributed by atoms with Gasteiger partial charge in [-0.15, -0.1) is 0 Å². The van der Waals surface area contributed by atoms with Crippen LogP contribution < -0.4 is 10.6 Å². The van der Waals surface area contributed by atoms with Crippen LogP contribution in [0.4, 0.5) is 9.18 Å². The van der Waals surface area contributed by atoms with Crippen molar-refractivity contribution in [3.05, 3.63) is 35.6 Å². The van der Waals surface area contributed by atoms with Gasteiger partial charge in [-0.2, -0.15) is 0 Å². The number of nitrogens with one attached hydrogen (secondary N) is 2. The summed E-state index contributed by atoms with van der Waals surface area (Å²) in [5.74, 6) is -0.293. The monoisotopic (exact) mass is 310 g/mol. The number of morpholine rings is 1. The Morgan fingerprint density at radius 1 is 1.50 bits per heavy atom. The number of amides is 1. The topological polar surface area (TPSA) is 59.6 Å². The minimum absolute atomic E-state index is 0.00500. The number of benzene rings is 1. The van der Waals surface area contributed by atoms with Gasteiger partial charge in [-0.25, -0.2) is 9.18 Å². The van der Waals surface area contributed by atoms with E-state index in [4.69, 9.17) is 9.47 Å². The molecular weight excluding hydrogens is 287 g/mol. The minimum Gasteiger partial charge on any atom is -0.448 e. The van der Waals surface area contributed by atoms with Gasteiger partial charge in [0.25, 0.3) is 0 Å². The van der Waals surface area contributed by atoms with E-state index in [0.717, 1.165) is 12.1 Å². The maximum atomic E-state index is 12.9. The Morgan fingerprint density at radius 3 is 2.86 bits per heavy atom. The van der Waals surface area contributed by atoms with Crippen LogP contribution in [0, 0.1) is 5.82 Å². The zero-order valence-electron chi connectivity index (χ0n) is 13.0. The molecular formula is C16H23FN2O3. The van der Waals surface area contributed by atoms with E-state index in [0.29, 0.717) is 13.0 Å². The van der Waals surface area contributed by atoms with Gasteiger partial charge < -0.3 is 20.1 Å². The van der Waals surface area contributed by atoms with Crippen LogP contribution in [-0.2, 0) is 9.47 Å². The lowest BCUT2D eigenvalue weighted by atomic mass is 10.1. The van der Waals surface area contributed by atoms with E-state index in [1.807, 2.05) is 13.8 Å². The van der Waals surface area contributed by atoms with Gasteiger partial charge in [0.1, 0.15) is 12.4 Å². The molecule has 0 bridgehead atoms. The number of carbonyl (C=O) groups excluding carboxylic acids is 1. The summed E-state index contributed by atoms with van der Waals surface area (Å²) in [5, 5.41) is 6.06. The molecule has 1 aliphatic rings. The van der Waals surface area contributed by atoms with Gasteiger partial charge in [-0.3, -0.25) is 0 Å². The first-order valence-corrected chi connectivity index (χ1v) is 7.64. The number of hydrogen-bond donors (Lipinski definition) is 2. The molecule has 6 heteroatoms. The molecule has 1 saturated heterocycles. The lowest BCUT2D eigenvalue weighted by molar-refractivity contribution is -0.0113. The van der Waals surface area contributed by atoms with Crippen molar-refractivity contribution in [2.45, 2.75) is 38.5 Å². The Balaban J connectivity index is 1.83. The first-order valence-electron chi connectivity index (χ1n) is 7.64. The molecule has 1 aromatic rings. The Hall–Kier alpha value is -1.66. The van der Waals surface area contributed by atoms with Gasteiger partial charge in [0, 0.05) is 6.54 Å². The highest BCUT2D eigenvalue weighted by atomic mass is 19.1. The SMILES string of the molecule is CCC(NC(=O)OCC1NCCOC1C)c1ccc(F)cc1. The van der Waals surface area contributed by atoms with Crippen molar-refractivity contribution in [2.75, 3.05) is 19.8 Å². The standard InChI is InChI=1S/C16H23FN2O3/c1-3-14(12-4-6-13(17)7-5-12)19-16(20)22-10-15-11(2)21-9-8-18-15/h4-7,11,14-15,18H,3,8-10H2,1-2H3,(H,19,20). The highest BCUT2D eigenvalue weighted by Crippen LogP contribution is 2.17. The van der Waals surface area contributed by atoms with E-state index >= 15 is 0 Å². The third-order valence-electron chi connectivity index (χ3n) is 3.82. The minimum atomic E-state index is -0.476. The van der Waals surface area contributed by atoms with Gasteiger partial charge in [-0.05, 0) is 31.0 Å². The summed E-state index contributed by atoms with van der Waals surface area (Å²) in [6, 6.07) is 5.92. The maximum absolute atomic E-state index is 12.9. The number of carbonyl (C=O) groups is 1. The molecule has 5 nitrogen and oxygen atoms in total. The van der Waals surface area contributed by atoms with Gasteiger partial charge in [-0.1, -0.05) is 19.1 Å². The molecule has 1 fully saturated rings. The molecule has 1 aliphatic heterocycles. The van der Waals surface area contributed by atoms with E-state index in [1.165, 1.54) is 12.1 Å². The molecule has 1 heterocycles. The van der Waals surface area contributed by atoms with E-state index in [1.54, 1.807) is 12.1 Å². The highest BCUT2D eigenvalue weighted by Gasteiger charge is 2.23. The van der Waals surface area contributed by atoms with Crippen molar-refractivity contribution in [1.82, 2.24) is 10.6 Å². The normalized spacial score (nSPS) is 22.9. The van der Waals surface area contributed by atoms with Crippen LogP contribution in [-0.4, -0.2) is 38.0 Å². The summed E-state index contributed by atoms with van der Waals surface area (Å²) in [5.41, 5.74) is 0.855. The molecule has 3 unspecified atom stereocenters. The van der Waals surface area contributed by atoms with E-state index in [9.17, 15) is 9.18 Å². The first-order chi connectivity index (χ1) is 10.6.